The van der Waals surface area contributed by atoms with Crippen molar-refractivity contribution in [2.24, 2.45) is 0 Å². The maximum absolute atomic E-state index is 12.0. The number of rotatable bonds is 3. The molecule has 2 N–H and O–H groups in total. The fraction of sp³-hybridized carbons (Fsp3) is 0.462. The van der Waals surface area contributed by atoms with E-state index >= 15 is 0 Å². The van der Waals surface area contributed by atoms with Crippen molar-refractivity contribution in [3.8, 4) is 11.5 Å². The maximum atomic E-state index is 12.0. The number of hydrogen-bond donors (Lipinski definition) is 1. The van der Waals surface area contributed by atoms with Crippen LogP contribution in [0.4, 0.5) is 5.69 Å². The molecule has 2 rings (SSSR count). The Morgan fingerprint density at radius 2 is 2.17 bits per heavy atom. The summed E-state index contributed by atoms with van der Waals surface area (Å²) in [6.45, 7) is 3.37. The minimum Gasteiger partial charge on any atom is -0.490 e. The van der Waals surface area contributed by atoms with Crippen LogP contribution in [0.3, 0.4) is 0 Å². The molecule has 0 aliphatic carbocycles. The molecule has 0 spiro atoms. The molecule has 5 nitrogen and oxygen atoms in total. The van der Waals surface area contributed by atoms with Gasteiger partial charge in [-0.25, -0.2) is 4.79 Å². The molecular formula is C13H17NO4. The summed E-state index contributed by atoms with van der Waals surface area (Å²) in [6, 6.07) is 3.35. The molecule has 0 atom stereocenters. The lowest BCUT2D eigenvalue weighted by Crippen LogP contribution is -2.11. The summed E-state index contributed by atoms with van der Waals surface area (Å²) in [4.78, 5) is 12.0. The number of fused-ring (bicyclic) bond motifs is 1. The predicted octanol–water partition coefficient (Wildman–Crippen LogP) is 2.00. The smallest absolute Gasteiger partial charge is 0.344 e. The van der Waals surface area contributed by atoms with Gasteiger partial charge < -0.3 is 19.9 Å². The van der Waals surface area contributed by atoms with Crippen LogP contribution in [0.15, 0.2) is 12.1 Å². The van der Waals surface area contributed by atoms with Crippen LogP contribution in [0.5, 0.6) is 11.5 Å². The van der Waals surface area contributed by atoms with Gasteiger partial charge in [0.25, 0.3) is 0 Å². The number of nitrogens with two attached hydrogens (primary N) is 1. The van der Waals surface area contributed by atoms with Gasteiger partial charge in [-0.15, -0.1) is 0 Å². The molecule has 0 unspecified atom stereocenters. The summed E-state index contributed by atoms with van der Waals surface area (Å²) in [7, 11) is 0. The number of anilines is 1. The molecule has 0 radical (unpaired) electrons. The Hall–Kier alpha value is -1.91. The number of carbonyl (C=O) groups excluding carboxylic acids is 1. The highest BCUT2D eigenvalue weighted by molar-refractivity contribution is 5.99. The lowest BCUT2D eigenvalue weighted by atomic mass is 10.1. The van der Waals surface area contributed by atoms with Gasteiger partial charge in [-0.3, -0.25) is 0 Å². The summed E-state index contributed by atoms with van der Waals surface area (Å²) < 4.78 is 16.2. The summed E-state index contributed by atoms with van der Waals surface area (Å²) in [5.41, 5.74) is 6.45. The van der Waals surface area contributed by atoms with Gasteiger partial charge in [0, 0.05) is 6.42 Å². The minimum absolute atomic E-state index is 0.267. The fourth-order valence-corrected chi connectivity index (χ4v) is 1.73. The van der Waals surface area contributed by atoms with Crippen molar-refractivity contribution in [2.45, 2.75) is 19.8 Å². The number of esters is 1. The predicted molar refractivity (Wildman–Crippen MR) is 67.0 cm³/mol. The number of hydrogen-bond acceptors (Lipinski definition) is 5. The van der Waals surface area contributed by atoms with E-state index in [0.717, 1.165) is 12.8 Å². The van der Waals surface area contributed by atoms with Crippen molar-refractivity contribution in [2.75, 3.05) is 25.6 Å². The molecule has 98 valence electrons. The first-order valence-corrected chi connectivity index (χ1v) is 6.09. The zero-order valence-corrected chi connectivity index (χ0v) is 10.4. The number of nitrogen functional groups attached to an aromatic ring is 1. The second-order valence-corrected chi connectivity index (χ2v) is 4.04. The lowest BCUT2D eigenvalue weighted by Gasteiger charge is -2.13. The number of carbonyl (C=O) groups is 1. The average Bonchev–Trinajstić information content (AvgIpc) is 2.61. The third-order valence-corrected chi connectivity index (χ3v) is 2.59. The van der Waals surface area contributed by atoms with E-state index in [2.05, 4.69) is 0 Å². The van der Waals surface area contributed by atoms with Gasteiger partial charge in [-0.05, 0) is 18.6 Å². The lowest BCUT2D eigenvalue weighted by molar-refractivity contribution is 0.0501. The molecule has 0 aromatic heterocycles. The molecular weight excluding hydrogens is 234 g/mol. The quantitative estimate of drug-likeness (QED) is 0.657. The molecule has 0 amide bonds. The van der Waals surface area contributed by atoms with Crippen LogP contribution < -0.4 is 15.2 Å². The Morgan fingerprint density at radius 3 is 2.94 bits per heavy atom. The molecule has 1 aliphatic rings. The van der Waals surface area contributed by atoms with Crippen molar-refractivity contribution >= 4 is 11.7 Å². The van der Waals surface area contributed by atoms with Gasteiger partial charge in [-0.1, -0.05) is 6.92 Å². The van der Waals surface area contributed by atoms with Gasteiger partial charge in [-0.2, -0.15) is 0 Å². The fourth-order valence-electron chi connectivity index (χ4n) is 1.73. The molecule has 0 saturated heterocycles. The molecule has 0 bridgehead atoms. The van der Waals surface area contributed by atoms with Gasteiger partial charge in [0.1, 0.15) is 5.56 Å². The Morgan fingerprint density at radius 1 is 1.39 bits per heavy atom. The zero-order chi connectivity index (χ0) is 13.0. The zero-order valence-electron chi connectivity index (χ0n) is 10.4. The van der Waals surface area contributed by atoms with Crippen molar-refractivity contribution in [1.82, 2.24) is 0 Å². The Balaban J connectivity index is 2.35. The monoisotopic (exact) mass is 251 g/mol. The number of benzene rings is 1. The highest BCUT2D eigenvalue weighted by Gasteiger charge is 2.23. The van der Waals surface area contributed by atoms with Gasteiger partial charge in [0.05, 0.1) is 25.5 Å². The standard InChI is InChI=1S/C13H17NO4/c1-2-6-18-13(15)11-9(14)4-5-10-12(11)17-8-3-7-16-10/h4-5H,2-3,6-8,14H2,1H3. The Kier molecular flexibility index (Phi) is 3.92. The van der Waals surface area contributed by atoms with E-state index in [1.165, 1.54) is 0 Å². The molecule has 5 heteroatoms. The third kappa shape index (κ3) is 2.50. The second kappa shape index (κ2) is 5.62. The van der Waals surface area contributed by atoms with Crippen LogP contribution >= 0.6 is 0 Å². The summed E-state index contributed by atoms with van der Waals surface area (Å²) in [5, 5.41) is 0. The van der Waals surface area contributed by atoms with E-state index in [1.54, 1.807) is 12.1 Å². The average molecular weight is 251 g/mol. The van der Waals surface area contributed by atoms with E-state index in [4.69, 9.17) is 19.9 Å². The summed E-state index contributed by atoms with van der Waals surface area (Å²) in [6.07, 6.45) is 1.54. The topological polar surface area (TPSA) is 70.8 Å². The first-order chi connectivity index (χ1) is 8.74. The largest absolute Gasteiger partial charge is 0.490 e. The third-order valence-electron chi connectivity index (χ3n) is 2.59. The van der Waals surface area contributed by atoms with Crippen molar-refractivity contribution < 1.29 is 19.0 Å². The maximum Gasteiger partial charge on any atom is 0.344 e. The minimum atomic E-state index is -0.461. The van der Waals surface area contributed by atoms with Crippen LogP contribution in [0.25, 0.3) is 0 Å². The van der Waals surface area contributed by atoms with E-state index in [0.29, 0.717) is 37.0 Å². The van der Waals surface area contributed by atoms with E-state index in [1.807, 2.05) is 6.92 Å². The van der Waals surface area contributed by atoms with Gasteiger partial charge >= 0.3 is 5.97 Å². The van der Waals surface area contributed by atoms with E-state index in [9.17, 15) is 4.79 Å². The van der Waals surface area contributed by atoms with Crippen LogP contribution in [0.1, 0.15) is 30.1 Å². The molecule has 1 aromatic carbocycles. The highest BCUT2D eigenvalue weighted by Crippen LogP contribution is 2.37. The second-order valence-electron chi connectivity index (χ2n) is 4.04. The van der Waals surface area contributed by atoms with Crippen molar-refractivity contribution in [3.63, 3.8) is 0 Å². The first kappa shape index (κ1) is 12.5. The highest BCUT2D eigenvalue weighted by atomic mass is 16.5. The molecule has 0 saturated carbocycles. The van der Waals surface area contributed by atoms with E-state index < -0.39 is 5.97 Å². The van der Waals surface area contributed by atoms with Crippen LogP contribution in [-0.4, -0.2) is 25.8 Å². The normalized spacial score (nSPS) is 13.8. The van der Waals surface area contributed by atoms with Crippen molar-refractivity contribution in [1.29, 1.82) is 0 Å². The molecule has 1 heterocycles. The van der Waals surface area contributed by atoms with Crippen LogP contribution in [-0.2, 0) is 4.74 Å². The molecule has 1 aliphatic heterocycles. The Bertz CT molecular complexity index is 445. The Labute approximate surface area is 106 Å². The molecule has 18 heavy (non-hydrogen) atoms. The van der Waals surface area contributed by atoms with E-state index in [-0.39, 0.29) is 5.56 Å². The van der Waals surface area contributed by atoms with Gasteiger partial charge in [0.2, 0.25) is 0 Å². The number of ether oxygens (including phenoxy) is 3. The first-order valence-electron chi connectivity index (χ1n) is 6.09. The summed E-state index contributed by atoms with van der Waals surface area (Å²) >= 11 is 0. The molecule has 1 aromatic rings. The SMILES string of the molecule is CCCOC(=O)c1c(N)ccc2c1OCCCO2. The van der Waals surface area contributed by atoms with Gasteiger partial charge in [0.15, 0.2) is 11.5 Å². The van der Waals surface area contributed by atoms with Crippen molar-refractivity contribution in [3.05, 3.63) is 17.7 Å². The van der Waals surface area contributed by atoms with Crippen LogP contribution in [0, 0.1) is 0 Å². The summed E-state index contributed by atoms with van der Waals surface area (Å²) in [5.74, 6) is 0.482. The molecule has 0 fully saturated rings. The van der Waals surface area contributed by atoms with Crippen LogP contribution in [0.2, 0.25) is 0 Å².